The molecule has 0 radical (unpaired) electrons. The molecule has 2 heterocycles. The number of aliphatic carboxylic acids is 1. The number of fused-ring (bicyclic) bond motifs is 1. The first-order valence-corrected chi connectivity index (χ1v) is 14.9. The third-order valence-corrected chi connectivity index (χ3v) is 9.24. The second-order valence-corrected chi connectivity index (χ2v) is 12.3. The van der Waals surface area contributed by atoms with Crippen molar-refractivity contribution in [3.63, 3.8) is 0 Å². The van der Waals surface area contributed by atoms with Crippen molar-refractivity contribution in [2.45, 2.75) is 36.6 Å². The summed E-state index contributed by atoms with van der Waals surface area (Å²) in [5.41, 5.74) is -0.945. The summed E-state index contributed by atoms with van der Waals surface area (Å²) in [6, 6.07) is 10.4. The molecule has 1 N–H and O–H groups in total. The molecule has 0 saturated carbocycles. The highest BCUT2D eigenvalue weighted by Crippen LogP contribution is 2.41. The van der Waals surface area contributed by atoms with E-state index in [1.807, 2.05) is 4.90 Å². The topological polar surface area (TPSA) is 96.4 Å². The quantitative estimate of drug-likeness (QED) is 0.307. The number of nitrogens with zero attached hydrogens (tertiary/aromatic N) is 2. The number of carbonyl (C=O) groups is 1. The SMILES string of the molecule is O=C(O)C1CCN(C[C@H]2CN(S(=O)(=O)c3cccc(C(F)(F)F)c3)c3cc(-c4cc(F)cc(OC(F)F)c4)ccc3O2)CC1. The first-order valence-electron chi connectivity index (χ1n) is 13.4. The first-order chi connectivity index (χ1) is 20.7. The number of alkyl halides is 5. The van der Waals surface area contributed by atoms with E-state index in [0.29, 0.717) is 32.0 Å². The van der Waals surface area contributed by atoms with Crippen molar-refractivity contribution in [3.8, 4) is 22.6 Å². The number of piperidine rings is 1. The Morgan fingerprint density at radius 2 is 1.75 bits per heavy atom. The van der Waals surface area contributed by atoms with Crippen molar-refractivity contribution >= 4 is 21.7 Å². The molecule has 0 aromatic heterocycles. The molecule has 0 amide bonds. The molecule has 1 saturated heterocycles. The normalized spacial score (nSPS) is 18.2. The Morgan fingerprint density at radius 3 is 2.41 bits per heavy atom. The highest BCUT2D eigenvalue weighted by Gasteiger charge is 2.38. The second-order valence-electron chi connectivity index (χ2n) is 10.5. The van der Waals surface area contributed by atoms with E-state index in [1.54, 1.807) is 0 Å². The standard InChI is InChI=1S/C29H26F6N2O6S/c30-21-10-19(11-22(14-21)43-28(31)32)18-4-5-26-25(12-18)37(44(40,41)24-3-1-2-20(13-24)29(33,34)35)16-23(42-26)15-36-8-6-17(7-9-36)27(38)39/h1-5,10-14,17,23,28H,6-9,15-16H2,(H,38,39)/t23-/m0/s1. The molecule has 2 aliphatic rings. The van der Waals surface area contributed by atoms with Crippen LogP contribution in [0, 0.1) is 11.7 Å². The molecule has 1 atom stereocenters. The van der Waals surface area contributed by atoms with E-state index in [2.05, 4.69) is 4.74 Å². The molecule has 1 fully saturated rings. The van der Waals surface area contributed by atoms with Crippen LogP contribution in [0.2, 0.25) is 0 Å². The number of hydrogen-bond donors (Lipinski definition) is 1. The molecular weight excluding hydrogens is 618 g/mol. The van der Waals surface area contributed by atoms with E-state index in [9.17, 15) is 44.7 Å². The Morgan fingerprint density at radius 1 is 1.02 bits per heavy atom. The third kappa shape index (κ3) is 6.88. The predicted octanol–water partition coefficient (Wildman–Crippen LogP) is 5.87. The van der Waals surface area contributed by atoms with Crippen LogP contribution < -0.4 is 13.8 Å². The summed E-state index contributed by atoms with van der Waals surface area (Å²) in [7, 11) is -4.62. The van der Waals surface area contributed by atoms with Crippen LogP contribution in [-0.4, -0.2) is 63.3 Å². The molecule has 44 heavy (non-hydrogen) atoms. The molecular formula is C29H26F6N2O6S. The highest BCUT2D eigenvalue weighted by atomic mass is 32.2. The van der Waals surface area contributed by atoms with Gasteiger partial charge in [-0.3, -0.25) is 14.0 Å². The fraction of sp³-hybridized carbons (Fsp3) is 0.345. The van der Waals surface area contributed by atoms with Gasteiger partial charge in [0.15, 0.2) is 0 Å². The van der Waals surface area contributed by atoms with Crippen LogP contribution >= 0.6 is 0 Å². The number of carboxylic acids is 1. The van der Waals surface area contributed by atoms with Gasteiger partial charge in [0.25, 0.3) is 10.0 Å². The molecule has 236 valence electrons. The van der Waals surface area contributed by atoms with E-state index in [4.69, 9.17) is 4.74 Å². The van der Waals surface area contributed by atoms with Gasteiger partial charge in [0.05, 0.1) is 28.6 Å². The number of benzene rings is 3. The lowest BCUT2D eigenvalue weighted by atomic mass is 9.97. The van der Waals surface area contributed by atoms with Gasteiger partial charge in [-0.2, -0.15) is 22.0 Å². The molecule has 0 aliphatic carbocycles. The summed E-state index contributed by atoms with van der Waals surface area (Å²) in [6.07, 6.45) is -4.81. The number of anilines is 1. The van der Waals surface area contributed by atoms with Gasteiger partial charge in [-0.15, -0.1) is 0 Å². The maximum atomic E-state index is 14.3. The van der Waals surface area contributed by atoms with E-state index in [-0.39, 0.29) is 35.7 Å². The average molecular weight is 645 g/mol. The number of ether oxygens (including phenoxy) is 2. The average Bonchev–Trinajstić information content (AvgIpc) is 2.95. The number of halogens is 6. The number of likely N-dealkylation sites (tertiary alicyclic amines) is 1. The number of sulfonamides is 1. The van der Waals surface area contributed by atoms with Gasteiger partial charge >= 0.3 is 18.8 Å². The zero-order valence-corrected chi connectivity index (χ0v) is 23.6. The number of carboxylic acid groups (broad SMARTS) is 1. The zero-order valence-electron chi connectivity index (χ0n) is 22.8. The summed E-state index contributed by atoms with van der Waals surface area (Å²) in [4.78, 5) is 12.6. The lowest BCUT2D eigenvalue weighted by Crippen LogP contribution is -2.50. The monoisotopic (exact) mass is 644 g/mol. The van der Waals surface area contributed by atoms with Crippen molar-refractivity contribution in [3.05, 3.63) is 72.0 Å². The maximum absolute atomic E-state index is 14.3. The van der Waals surface area contributed by atoms with Gasteiger partial charge in [0, 0.05) is 12.6 Å². The molecule has 15 heteroatoms. The van der Waals surface area contributed by atoms with Gasteiger partial charge in [0.2, 0.25) is 0 Å². The van der Waals surface area contributed by atoms with E-state index < -0.39 is 62.8 Å². The van der Waals surface area contributed by atoms with Crippen LogP contribution in [0.15, 0.2) is 65.6 Å². The maximum Gasteiger partial charge on any atom is 0.416 e. The first kappa shape index (κ1) is 31.4. The van der Waals surface area contributed by atoms with Crippen LogP contribution in [0.5, 0.6) is 11.5 Å². The van der Waals surface area contributed by atoms with E-state index >= 15 is 0 Å². The summed E-state index contributed by atoms with van der Waals surface area (Å²) < 4.78 is 119. The third-order valence-electron chi connectivity index (χ3n) is 7.47. The second kappa shape index (κ2) is 12.2. The number of rotatable bonds is 8. The molecule has 0 spiro atoms. The molecule has 2 aliphatic heterocycles. The van der Waals surface area contributed by atoms with E-state index in [1.165, 1.54) is 18.2 Å². The minimum atomic E-state index is -4.80. The largest absolute Gasteiger partial charge is 0.485 e. The predicted molar refractivity (Wildman–Crippen MR) is 146 cm³/mol. The van der Waals surface area contributed by atoms with Crippen molar-refractivity contribution in [2.24, 2.45) is 5.92 Å². The molecule has 0 unspecified atom stereocenters. The minimum absolute atomic E-state index is 0.0543. The van der Waals surface area contributed by atoms with Crippen LogP contribution in [0.4, 0.5) is 32.0 Å². The van der Waals surface area contributed by atoms with Crippen LogP contribution in [0.25, 0.3) is 11.1 Å². The molecule has 3 aromatic carbocycles. The summed E-state index contributed by atoms with van der Waals surface area (Å²) in [5.74, 6) is -2.68. The van der Waals surface area contributed by atoms with Crippen LogP contribution in [0.1, 0.15) is 18.4 Å². The Labute approximate surface area is 248 Å². The van der Waals surface area contributed by atoms with Crippen molar-refractivity contribution in [1.29, 1.82) is 0 Å². The Bertz CT molecular complexity index is 1640. The van der Waals surface area contributed by atoms with Gasteiger partial charge in [-0.05, 0) is 79.5 Å². The smallest absolute Gasteiger partial charge is 0.416 e. The molecule has 8 nitrogen and oxygen atoms in total. The van der Waals surface area contributed by atoms with Crippen molar-refractivity contribution in [2.75, 3.05) is 30.5 Å². The summed E-state index contributed by atoms with van der Waals surface area (Å²) >= 11 is 0. The highest BCUT2D eigenvalue weighted by molar-refractivity contribution is 7.92. The van der Waals surface area contributed by atoms with Gasteiger partial charge in [-0.25, -0.2) is 12.8 Å². The Hall–Kier alpha value is -3.98. The lowest BCUT2D eigenvalue weighted by molar-refractivity contribution is -0.143. The summed E-state index contributed by atoms with van der Waals surface area (Å²) in [5, 5.41) is 9.28. The van der Waals surface area contributed by atoms with Crippen LogP contribution in [-0.2, 0) is 21.0 Å². The van der Waals surface area contributed by atoms with E-state index in [0.717, 1.165) is 40.7 Å². The molecule has 0 bridgehead atoms. The van der Waals surface area contributed by atoms with Gasteiger partial charge in [0.1, 0.15) is 23.4 Å². The van der Waals surface area contributed by atoms with Crippen molar-refractivity contribution in [1.82, 2.24) is 4.90 Å². The van der Waals surface area contributed by atoms with Gasteiger partial charge in [-0.1, -0.05) is 12.1 Å². The van der Waals surface area contributed by atoms with Gasteiger partial charge < -0.3 is 14.6 Å². The minimum Gasteiger partial charge on any atom is -0.485 e. The Balaban J connectivity index is 1.53. The van der Waals surface area contributed by atoms with Crippen molar-refractivity contribution < 1.29 is 54.1 Å². The number of hydrogen-bond acceptors (Lipinski definition) is 6. The zero-order chi connectivity index (χ0) is 31.8. The lowest BCUT2D eigenvalue weighted by Gasteiger charge is -2.39. The summed E-state index contributed by atoms with van der Waals surface area (Å²) in [6.45, 7) is -2.48. The Kier molecular flexibility index (Phi) is 8.71. The molecule has 5 rings (SSSR count). The molecule has 3 aromatic rings. The van der Waals surface area contributed by atoms with Crippen LogP contribution in [0.3, 0.4) is 0 Å². The fourth-order valence-corrected chi connectivity index (χ4v) is 6.87. The fourth-order valence-electron chi connectivity index (χ4n) is 5.33.